The smallest absolute Gasteiger partial charge is 0.347 e. The van der Waals surface area contributed by atoms with Crippen molar-refractivity contribution in [3.63, 3.8) is 0 Å². The van der Waals surface area contributed by atoms with Gasteiger partial charge >= 0.3 is 5.63 Å². The molecule has 1 saturated heterocycles. The molecule has 1 aliphatic rings. The molecule has 0 bridgehead atoms. The predicted octanol–water partition coefficient (Wildman–Crippen LogP) is 2.59. The summed E-state index contributed by atoms with van der Waals surface area (Å²) in [5.74, 6) is 1.73. The molecule has 0 saturated carbocycles. The van der Waals surface area contributed by atoms with Crippen molar-refractivity contribution in [1.29, 1.82) is 0 Å². The SMILES string of the molecule is CCc1cc(OC)cc2nc(-c3cccnc3N3CCN(CCOC)CC3)oc(=O)c12. The highest BCUT2D eigenvalue weighted by Crippen LogP contribution is 2.30. The third-order valence-electron chi connectivity index (χ3n) is 5.71. The van der Waals surface area contributed by atoms with Gasteiger partial charge in [-0.2, -0.15) is 0 Å². The van der Waals surface area contributed by atoms with Crippen molar-refractivity contribution in [2.45, 2.75) is 13.3 Å². The molecule has 1 fully saturated rings. The summed E-state index contributed by atoms with van der Waals surface area (Å²) in [5, 5.41) is 0.504. The van der Waals surface area contributed by atoms with Gasteiger partial charge in [-0.1, -0.05) is 6.92 Å². The van der Waals surface area contributed by atoms with Gasteiger partial charge in [-0.25, -0.2) is 14.8 Å². The van der Waals surface area contributed by atoms with Gasteiger partial charge in [0.2, 0.25) is 5.89 Å². The van der Waals surface area contributed by atoms with Crippen LogP contribution in [-0.2, 0) is 11.2 Å². The van der Waals surface area contributed by atoms with Crippen molar-refractivity contribution < 1.29 is 13.9 Å². The van der Waals surface area contributed by atoms with Crippen LogP contribution in [0.25, 0.3) is 22.4 Å². The maximum absolute atomic E-state index is 12.9. The van der Waals surface area contributed by atoms with Gasteiger partial charge in [0.1, 0.15) is 11.6 Å². The Kier molecular flexibility index (Phi) is 6.48. The van der Waals surface area contributed by atoms with E-state index in [2.05, 4.69) is 14.8 Å². The summed E-state index contributed by atoms with van der Waals surface area (Å²) >= 11 is 0. The number of pyridine rings is 1. The Balaban J connectivity index is 1.70. The van der Waals surface area contributed by atoms with Crippen LogP contribution in [0.2, 0.25) is 0 Å². The third-order valence-corrected chi connectivity index (χ3v) is 5.71. The van der Waals surface area contributed by atoms with Crippen LogP contribution in [0.4, 0.5) is 5.82 Å². The number of hydrogen-bond acceptors (Lipinski definition) is 8. The van der Waals surface area contributed by atoms with E-state index in [1.165, 1.54) is 0 Å². The Labute approximate surface area is 181 Å². The summed E-state index contributed by atoms with van der Waals surface area (Å²) in [4.78, 5) is 26.8. The molecule has 4 rings (SSSR count). The molecule has 0 N–H and O–H groups in total. The summed E-state index contributed by atoms with van der Waals surface area (Å²) in [5.41, 5.74) is 1.76. The number of aromatic nitrogens is 2. The molecule has 164 valence electrons. The molecular formula is C23H28N4O4. The fraction of sp³-hybridized carbons (Fsp3) is 0.435. The molecule has 0 atom stereocenters. The van der Waals surface area contributed by atoms with Crippen molar-refractivity contribution in [3.8, 4) is 17.2 Å². The normalized spacial score (nSPS) is 14.9. The van der Waals surface area contributed by atoms with Crippen LogP contribution in [0.15, 0.2) is 39.7 Å². The predicted molar refractivity (Wildman–Crippen MR) is 120 cm³/mol. The van der Waals surface area contributed by atoms with E-state index in [0.29, 0.717) is 28.6 Å². The van der Waals surface area contributed by atoms with E-state index in [-0.39, 0.29) is 5.89 Å². The first-order valence-electron chi connectivity index (χ1n) is 10.6. The molecule has 0 spiro atoms. The molecule has 2 aromatic heterocycles. The summed E-state index contributed by atoms with van der Waals surface area (Å²) in [7, 11) is 3.33. The lowest BCUT2D eigenvalue weighted by molar-refractivity contribution is 0.144. The van der Waals surface area contributed by atoms with Crippen molar-refractivity contribution in [2.75, 3.05) is 58.5 Å². The van der Waals surface area contributed by atoms with Crippen LogP contribution in [0.5, 0.6) is 5.75 Å². The molecular weight excluding hydrogens is 396 g/mol. The van der Waals surface area contributed by atoms with Crippen molar-refractivity contribution in [1.82, 2.24) is 14.9 Å². The number of hydrogen-bond donors (Lipinski definition) is 0. The zero-order chi connectivity index (χ0) is 21.8. The highest BCUT2D eigenvalue weighted by atomic mass is 16.5. The number of aryl methyl sites for hydroxylation is 1. The van der Waals surface area contributed by atoms with Crippen LogP contribution in [0.3, 0.4) is 0 Å². The molecule has 8 heteroatoms. The maximum atomic E-state index is 12.9. The van der Waals surface area contributed by atoms with Crippen LogP contribution in [0, 0.1) is 0 Å². The number of piperazine rings is 1. The summed E-state index contributed by atoms with van der Waals surface area (Å²) in [6.07, 6.45) is 2.44. The zero-order valence-corrected chi connectivity index (χ0v) is 18.3. The van der Waals surface area contributed by atoms with Crippen molar-refractivity contribution >= 4 is 16.7 Å². The number of anilines is 1. The van der Waals surface area contributed by atoms with Gasteiger partial charge in [0.05, 0.1) is 30.2 Å². The fourth-order valence-corrected chi connectivity index (χ4v) is 3.98. The lowest BCUT2D eigenvalue weighted by atomic mass is 10.1. The third kappa shape index (κ3) is 4.40. The Morgan fingerprint density at radius 1 is 1.16 bits per heavy atom. The molecule has 1 aromatic carbocycles. The van der Waals surface area contributed by atoms with E-state index in [0.717, 1.165) is 50.7 Å². The number of methoxy groups -OCH3 is 2. The van der Waals surface area contributed by atoms with Gasteiger partial charge in [-0.05, 0) is 30.2 Å². The molecule has 0 unspecified atom stereocenters. The van der Waals surface area contributed by atoms with Crippen LogP contribution in [0.1, 0.15) is 12.5 Å². The first-order chi connectivity index (χ1) is 15.1. The molecule has 31 heavy (non-hydrogen) atoms. The van der Waals surface area contributed by atoms with Crippen LogP contribution < -0.4 is 15.3 Å². The monoisotopic (exact) mass is 424 g/mol. The Hall–Kier alpha value is -2.97. The number of nitrogens with zero attached hydrogens (tertiary/aromatic N) is 4. The number of ether oxygens (including phenoxy) is 2. The molecule has 0 aliphatic carbocycles. The first-order valence-corrected chi connectivity index (χ1v) is 10.6. The molecule has 0 amide bonds. The fourth-order valence-electron chi connectivity index (χ4n) is 3.98. The van der Waals surface area contributed by atoms with E-state index in [1.54, 1.807) is 26.5 Å². The van der Waals surface area contributed by atoms with Crippen molar-refractivity contribution in [3.05, 3.63) is 46.4 Å². The van der Waals surface area contributed by atoms with E-state index < -0.39 is 5.63 Å². The largest absolute Gasteiger partial charge is 0.497 e. The second-order valence-corrected chi connectivity index (χ2v) is 7.54. The van der Waals surface area contributed by atoms with Crippen molar-refractivity contribution in [2.24, 2.45) is 0 Å². The maximum Gasteiger partial charge on any atom is 0.347 e. The minimum absolute atomic E-state index is 0.276. The molecule has 1 aliphatic heterocycles. The van der Waals surface area contributed by atoms with E-state index in [1.807, 2.05) is 25.1 Å². The zero-order valence-electron chi connectivity index (χ0n) is 18.3. The Morgan fingerprint density at radius 2 is 1.97 bits per heavy atom. The van der Waals surface area contributed by atoms with Gasteiger partial charge in [0, 0.05) is 52.1 Å². The minimum Gasteiger partial charge on any atom is -0.497 e. The summed E-state index contributed by atoms with van der Waals surface area (Å²) in [6.45, 7) is 7.15. The highest BCUT2D eigenvalue weighted by molar-refractivity contribution is 5.84. The number of fused-ring (bicyclic) bond motifs is 1. The topological polar surface area (TPSA) is 80.9 Å². The standard InChI is InChI=1S/C23H28N4O4/c1-4-16-14-17(30-3)15-19-20(16)23(28)31-22(25-19)18-6-5-7-24-21(18)27-10-8-26(9-11-27)12-13-29-2/h5-7,14-15H,4,8-13H2,1-3H3. The van der Waals surface area contributed by atoms with E-state index >= 15 is 0 Å². The quantitative estimate of drug-likeness (QED) is 0.573. The minimum atomic E-state index is -0.390. The summed E-state index contributed by atoms with van der Waals surface area (Å²) in [6, 6.07) is 7.37. The molecule has 3 heterocycles. The Bertz CT molecular complexity index is 1110. The summed E-state index contributed by atoms with van der Waals surface area (Å²) < 4.78 is 16.3. The number of rotatable bonds is 7. The van der Waals surface area contributed by atoms with E-state index in [9.17, 15) is 4.79 Å². The average molecular weight is 425 g/mol. The first kappa shape index (κ1) is 21.3. The van der Waals surface area contributed by atoms with Gasteiger partial charge in [0.15, 0.2) is 0 Å². The lowest BCUT2D eigenvalue weighted by Crippen LogP contribution is -2.47. The van der Waals surface area contributed by atoms with Crippen LogP contribution >= 0.6 is 0 Å². The number of benzene rings is 1. The molecule has 0 radical (unpaired) electrons. The second-order valence-electron chi connectivity index (χ2n) is 7.54. The second kappa shape index (κ2) is 9.45. The van der Waals surface area contributed by atoms with Gasteiger partial charge < -0.3 is 18.8 Å². The van der Waals surface area contributed by atoms with Gasteiger partial charge in [-0.15, -0.1) is 0 Å². The molecule has 3 aromatic rings. The van der Waals surface area contributed by atoms with Gasteiger partial charge in [0.25, 0.3) is 0 Å². The lowest BCUT2D eigenvalue weighted by Gasteiger charge is -2.35. The van der Waals surface area contributed by atoms with Crippen LogP contribution in [-0.4, -0.2) is 68.4 Å². The van der Waals surface area contributed by atoms with E-state index in [4.69, 9.17) is 18.9 Å². The molecule has 8 nitrogen and oxygen atoms in total. The highest BCUT2D eigenvalue weighted by Gasteiger charge is 2.23. The van der Waals surface area contributed by atoms with Gasteiger partial charge in [-0.3, -0.25) is 4.90 Å². The Morgan fingerprint density at radius 3 is 2.68 bits per heavy atom. The average Bonchev–Trinajstić information content (AvgIpc) is 2.82.